The number of carbonyl (C=O) groups excluding carboxylic acids is 1. The van der Waals surface area contributed by atoms with Gasteiger partial charge < -0.3 is 9.88 Å². The first-order valence-corrected chi connectivity index (χ1v) is 15.4. The van der Waals surface area contributed by atoms with Gasteiger partial charge in [0, 0.05) is 18.9 Å². The van der Waals surface area contributed by atoms with Crippen LogP contribution in [0.1, 0.15) is 139 Å². The van der Waals surface area contributed by atoms with Crippen LogP contribution in [0.2, 0.25) is 0 Å². The molecule has 3 aromatic rings. The average Bonchev–Trinajstić information content (AvgIpc) is 3.32. The van der Waals surface area contributed by atoms with E-state index in [0.717, 1.165) is 29.8 Å². The Morgan fingerprint density at radius 3 is 1.95 bits per heavy atom. The molecule has 0 spiro atoms. The Morgan fingerprint density at radius 2 is 1.37 bits per heavy atom. The van der Waals surface area contributed by atoms with Gasteiger partial charge in [-0.1, -0.05) is 115 Å². The van der Waals surface area contributed by atoms with E-state index < -0.39 is 0 Å². The van der Waals surface area contributed by atoms with Crippen molar-refractivity contribution in [2.24, 2.45) is 0 Å². The van der Waals surface area contributed by atoms with Crippen LogP contribution in [-0.4, -0.2) is 20.4 Å². The Balaban J connectivity index is 1.33. The Hall–Kier alpha value is -2.69. The Morgan fingerprint density at radius 1 is 0.789 bits per heavy atom. The second-order valence-corrected chi connectivity index (χ2v) is 10.9. The Labute approximate surface area is 230 Å². The van der Waals surface area contributed by atoms with E-state index in [1.807, 2.05) is 13.0 Å². The van der Waals surface area contributed by atoms with E-state index in [-0.39, 0.29) is 11.9 Å². The number of hydrogen-bond donors (Lipinski definition) is 1. The number of carbonyl (C=O) groups is 1. The van der Waals surface area contributed by atoms with Crippen LogP contribution < -0.4 is 5.32 Å². The van der Waals surface area contributed by atoms with Crippen molar-refractivity contribution in [1.82, 2.24) is 19.9 Å². The first-order chi connectivity index (χ1) is 18.7. The lowest BCUT2D eigenvalue weighted by Gasteiger charge is -2.16. The van der Waals surface area contributed by atoms with Crippen LogP contribution in [0.25, 0.3) is 11.0 Å². The molecule has 0 saturated carbocycles. The topological polar surface area (TPSA) is 59.8 Å². The van der Waals surface area contributed by atoms with E-state index in [1.165, 1.54) is 96.3 Å². The predicted molar refractivity (Wildman–Crippen MR) is 159 cm³/mol. The van der Waals surface area contributed by atoms with Gasteiger partial charge in [0.25, 0.3) is 5.91 Å². The Bertz CT molecular complexity index is 1050. The maximum Gasteiger partial charge on any atom is 0.253 e. The van der Waals surface area contributed by atoms with Gasteiger partial charge in [-0.05, 0) is 37.6 Å². The highest BCUT2D eigenvalue weighted by molar-refractivity contribution is 5.94. The van der Waals surface area contributed by atoms with Crippen molar-refractivity contribution >= 4 is 16.9 Å². The summed E-state index contributed by atoms with van der Waals surface area (Å²) in [5.41, 5.74) is 2.70. The molecule has 5 nitrogen and oxygen atoms in total. The lowest BCUT2D eigenvalue weighted by atomic mass is 10.0. The van der Waals surface area contributed by atoms with Crippen molar-refractivity contribution in [3.05, 3.63) is 60.2 Å². The molecule has 208 valence electrons. The molecule has 0 radical (unpaired) electrons. The molecule has 0 saturated heterocycles. The standard InChI is InChI=1S/C33H50N4O/c1-3-4-5-6-7-8-9-10-11-12-13-14-15-16-17-20-26-37-31-24-19-18-23-30(31)36-32(37)28(2)35-33(38)29-22-21-25-34-27-29/h18-19,21-25,27-28H,3-17,20,26H2,1-2H3,(H,35,38). The molecule has 2 heterocycles. The van der Waals surface area contributed by atoms with E-state index >= 15 is 0 Å². The first kappa shape index (κ1) is 29.9. The second-order valence-electron chi connectivity index (χ2n) is 10.9. The van der Waals surface area contributed by atoms with E-state index in [0.29, 0.717) is 5.56 Å². The van der Waals surface area contributed by atoms with Crippen molar-refractivity contribution in [3.8, 4) is 0 Å². The van der Waals surface area contributed by atoms with Gasteiger partial charge in [-0.2, -0.15) is 0 Å². The van der Waals surface area contributed by atoms with Gasteiger partial charge in [-0.3, -0.25) is 9.78 Å². The number of aryl methyl sites for hydroxylation is 1. The fourth-order valence-electron chi connectivity index (χ4n) is 5.32. The number of nitrogens with zero attached hydrogens (tertiary/aromatic N) is 3. The quantitative estimate of drug-likeness (QED) is 0.152. The van der Waals surface area contributed by atoms with Crippen LogP contribution >= 0.6 is 0 Å². The van der Waals surface area contributed by atoms with E-state index in [4.69, 9.17) is 4.98 Å². The van der Waals surface area contributed by atoms with Crippen molar-refractivity contribution < 1.29 is 4.79 Å². The number of amides is 1. The molecule has 5 heteroatoms. The van der Waals surface area contributed by atoms with Gasteiger partial charge in [0.2, 0.25) is 0 Å². The minimum atomic E-state index is -0.184. The zero-order chi connectivity index (χ0) is 26.8. The molecule has 0 bridgehead atoms. The van der Waals surface area contributed by atoms with Crippen LogP contribution in [0.15, 0.2) is 48.8 Å². The molecular formula is C33H50N4O. The van der Waals surface area contributed by atoms with Crippen LogP contribution in [-0.2, 0) is 6.54 Å². The lowest BCUT2D eigenvalue weighted by molar-refractivity contribution is 0.0937. The van der Waals surface area contributed by atoms with Crippen LogP contribution in [0.5, 0.6) is 0 Å². The fraction of sp³-hybridized carbons (Fsp3) is 0.606. The van der Waals surface area contributed by atoms with Gasteiger partial charge >= 0.3 is 0 Å². The van der Waals surface area contributed by atoms with Crippen molar-refractivity contribution in [1.29, 1.82) is 0 Å². The zero-order valence-corrected chi connectivity index (χ0v) is 24.0. The lowest BCUT2D eigenvalue weighted by Crippen LogP contribution is -2.28. The summed E-state index contributed by atoms with van der Waals surface area (Å²) in [6, 6.07) is 11.7. The molecule has 1 unspecified atom stereocenters. The minimum Gasteiger partial charge on any atom is -0.342 e. The molecule has 1 amide bonds. The fourth-order valence-corrected chi connectivity index (χ4v) is 5.32. The SMILES string of the molecule is CCCCCCCCCCCCCCCCCCn1c(C(C)NC(=O)c2cccnc2)nc2ccccc21. The number of imidazole rings is 1. The number of unbranched alkanes of at least 4 members (excludes halogenated alkanes) is 15. The average molecular weight is 519 g/mol. The number of hydrogen-bond acceptors (Lipinski definition) is 3. The number of benzene rings is 1. The van der Waals surface area contributed by atoms with E-state index in [2.05, 4.69) is 40.0 Å². The summed E-state index contributed by atoms with van der Waals surface area (Å²) in [6.45, 7) is 5.23. The third-order valence-corrected chi connectivity index (χ3v) is 7.58. The third-order valence-electron chi connectivity index (χ3n) is 7.58. The minimum absolute atomic E-state index is 0.119. The second kappa shape index (κ2) is 17.8. The van der Waals surface area contributed by atoms with Gasteiger partial charge in [0.15, 0.2) is 0 Å². The summed E-state index contributed by atoms with van der Waals surface area (Å²) in [5, 5.41) is 3.11. The molecular weight excluding hydrogens is 468 g/mol. The molecule has 2 aromatic heterocycles. The number of para-hydroxylation sites is 2. The molecule has 38 heavy (non-hydrogen) atoms. The third kappa shape index (κ3) is 10.2. The van der Waals surface area contributed by atoms with Gasteiger partial charge in [-0.25, -0.2) is 4.98 Å². The molecule has 0 aliphatic rings. The molecule has 0 aliphatic carbocycles. The molecule has 0 fully saturated rings. The highest BCUT2D eigenvalue weighted by Crippen LogP contribution is 2.22. The molecule has 1 atom stereocenters. The van der Waals surface area contributed by atoms with Crippen molar-refractivity contribution in [3.63, 3.8) is 0 Å². The van der Waals surface area contributed by atoms with Gasteiger partial charge in [0.1, 0.15) is 5.82 Å². The summed E-state index contributed by atoms with van der Waals surface area (Å²) in [7, 11) is 0. The number of nitrogens with one attached hydrogen (secondary N) is 1. The number of fused-ring (bicyclic) bond motifs is 1. The van der Waals surface area contributed by atoms with E-state index in [9.17, 15) is 4.79 Å². The molecule has 1 aromatic carbocycles. The van der Waals surface area contributed by atoms with E-state index in [1.54, 1.807) is 24.5 Å². The summed E-state index contributed by atoms with van der Waals surface area (Å²) in [6.07, 6.45) is 25.2. The zero-order valence-electron chi connectivity index (χ0n) is 24.0. The van der Waals surface area contributed by atoms with Crippen LogP contribution in [0, 0.1) is 0 Å². The van der Waals surface area contributed by atoms with Gasteiger partial charge in [-0.15, -0.1) is 0 Å². The number of aromatic nitrogens is 3. The normalized spacial score (nSPS) is 12.2. The predicted octanol–water partition coefficient (Wildman–Crippen LogP) is 9.18. The summed E-state index contributed by atoms with van der Waals surface area (Å²) in [5.74, 6) is 0.802. The smallest absolute Gasteiger partial charge is 0.253 e. The molecule has 3 rings (SSSR count). The summed E-state index contributed by atoms with van der Waals surface area (Å²) in [4.78, 5) is 21.6. The number of pyridine rings is 1. The summed E-state index contributed by atoms with van der Waals surface area (Å²) >= 11 is 0. The maximum atomic E-state index is 12.7. The van der Waals surface area contributed by atoms with Crippen molar-refractivity contribution in [2.75, 3.05) is 0 Å². The maximum absolute atomic E-state index is 12.7. The molecule has 1 N–H and O–H groups in total. The highest BCUT2D eigenvalue weighted by atomic mass is 16.1. The molecule has 0 aliphatic heterocycles. The first-order valence-electron chi connectivity index (χ1n) is 15.4. The summed E-state index contributed by atoms with van der Waals surface area (Å²) < 4.78 is 2.30. The largest absolute Gasteiger partial charge is 0.342 e. The highest BCUT2D eigenvalue weighted by Gasteiger charge is 2.19. The van der Waals surface area contributed by atoms with Gasteiger partial charge in [0.05, 0.1) is 22.6 Å². The monoisotopic (exact) mass is 518 g/mol. The number of rotatable bonds is 20. The Kier molecular flexibility index (Phi) is 13.9. The van der Waals surface area contributed by atoms with Crippen LogP contribution in [0.3, 0.4) is 0 Å². The van der Waals surface area contributed by atoms with Crippen LogP contribution in [0.4, 0.5) is 0 Å². The van der Waals surface area contributed by atoms with Crippen molar-refractivity contribution in [2.45, 2.75) is 129 Å².